The number of carboxylic acids is 1. The fraction of sp³-hybridized carbons (Fsp3) is 0.769. The van der Waals surface area contributed by atoms with Crippen molar-refractivity contribution in [2.24, 2.45) is 5.41 Å². The second kappa shape index (κ2) is 6.04. The van der Waals surface area contributed by atoms with E-state index >= 15 is 0 Å². The Morgan fingerprint density at radius 3 is 2.32 bits per heavy atom. The molecule has 19 heavy (non-hydrogen) atoms. The van der Waals surface area contributed by atoms with E-state index in [0.29, 0.717) is 0 Å². The summed E-state index contributed by atoms with van der Waals surface area (Å²) in [6.07, 6.45) is 2.00. The lowest BCUT2D eigenvalue weighted by Crippen LogP contribution is -2.46. The summed E-state index contributed by atoms with van der Waals surface area (Å²) in [5.74, 6) is -1.42. The van der Waals surface area contributed by atoms with Crippen LogP contribution in [0.1, 0.15) is 46.5 Å². The zero-order chi connectivity index (χ0) is 14.6. The first-order valence-corrected chi connectivity index (χ1v) is 6.51. The Hall–Kier alpha value is -1.59. The highest BCUT2D eigenvalue weighted by Crippen LogP contribution is 2.24. The van der Waals surface area contributed by atoms with Crippen LogP contribution in [0.2, 0.25) is 0 Å². The molecular weight excluding hydrogens is 248 g/mol. The molecule has 2 amide bonds. The average Bonchev–Trinajstić information content (AvgIpc) is 2.97. The van der Waals surface area contributed by atoms with Gasteiger partial charge in [0.1, 0.15) is 6.04 Å². The van der Waals surface area contributed by atoms with Crippen LogP contribution in [-0.4, -0.2) is 35.0 Å². The number of carboxylic acid groups (broad SMARTS) is 1. The van der Waals surface area contributed by atoms with E-state index in [4.69, 9.17) is 5.11 Å². The molecule has 0 spiro atoms. The van der Waals surface area contributed by atoms with Gasteiger partial charge in [0.2, 0.25) is 11.8 Å². The highest BCUT2D eigenvalue weighted by atomic mass is 16.4. The number of hydrogen-bond acceptors (Lipinski definition) is 3. The van der Waals surface area contributed by atoms with Crippen molar-refractivity contribution in [1.29, 1.82) is 0 Å². The lowest BCUT2D eigenvalue weighted by Gasteiger charge is -2.22. The summed E-state index contributed by atoms with van der Waals surface area (Å²) in [4.78, 5) is 34.1. The monoisotopic (exact) mass is 270 g/mol. The van der Waals surface area contributed by atoms with E-state index in [1.54, 1.807) is 20.8 Å². The van der Waals surface area contributed by atoms with Crippen molar-refractivity contribution in [3.63, 3.8) is 0 Å². The molecule has 1 fully saturated rings. The number of aliphatic carboxylic acids is 1. The summed E-state index contributed by atoms with van der Waals surface area (Å²) in [5.41, 5.74) is -0.622. The fourth-order valence-electron chi connectivity index (χ4n) is 1.82. The van der Waals surface area contributed by atoms with Gasteiger partial charge >= 0.3 is 5.97 Å². The van der Waals surface area contributed by atoms with Crippen LogP contribution in [0.4, 0.5) is 0 Å². The summed E-state index contributed by atoms with van der Waals surface area (Å²) in [7, 11) is 0. The van der Waals surface area contributed by atoms with Gasteiger partial charge in [-0.1, -0.05) is 13.8 Å². The van der Waals surface area contributed by atoms with Crippen LogP contribution in [-0.2, 0) is 14.4 Å². The molecule has 0 radical (unpaired) electrons. The zero-order valence-electron chi connectivity index (χ0n) is 11.7. The second-order valence-corrected chi connectivity index (χ2v) is 5.98. The standard InChI is InChI=1S/C13H22N2O4/c1-8(12(19)15-9-4-5-9)14-10(16)6-13(2,3)7-11(17)18/h8-9H,4-7H2,1-3H3,(H,14,16)(H,15,19)(H,17,18). The predicted octanol–water partition coefficient (Wildman–Crippen LogP) is 0.661. The molecule has 3 N–H and O–H groups in total. The first-order chi connectivity index (χ1) is 8.69. The van der Waals surface area contributed by atoms with Gasteiger partial charge < -0.3 is 15.7 Å². The number of carbonyl (C=O) groups is 3. The third-order valence-electron chi connectivity index (χ3n) is 2.96. The molecule has 6 nitrogen and oxygen atoms in total. The molecule has 0 aromatic heterocycles. The first kappa shape index (κ1) is 15.5. The summed E-state index contributed by atoms with van der Waals surface area (Å²) in [5, 5.41) is 14.1. The molecule has 1 aliphatic rings. The van der Waals surface area contributed by atoms with Gasteiger partial charge in [-0.2, -0.15) is 0 Å². The molecule has 108 valence electrons. The van der Waals surface area contributed by atoms with E-state index < -0.39 is 17.4 Å². The lowest BCUT2D eigenvalue weighted by molar-refractivity contribution is -0.140. The number of nitrogens with one attached hydrogen (secondary N) is 2. The van der Waals surface area contributed by atoms with E-state index in [1.807, 2.05) is 0 Å². The molecule has 1 aliphatic carbocycles. The number of rotatable bonds is 7. The van der Waals surface area contributed by atoms with Crippen molar-refractivity contribution in [2.45, 2.75) is 58.5 Å². The van der Waals surface area contributed by atoms with Crippen LogP contribution in [0.3, 0.4) is 0 Å². The van der Waals surface area contributed by atoms with Gasteiger partial charge in [0.15, 0.2) is 0 Å². The molecule has 1 rings (SSSR count). The number of amides is 2. The molecular formula is C13H22N2O4. The Morgan fingerprint density at radius 1 is 1.26 bits per heavy atom. The van der Waals surface area contributed by atoms with E-state index in [9.17, 15) is 14.4 Å². The van der Waals surface area contributed by atoms with E-state index in [-0.39, 0.29) is 30.7 Å². The summed E-state index contributed by atoms with van der Waals surface area (Å²) in [6.45, 7) is 5.06. The average molecular weight is 270 g/mol. The van der Waals surface area contributed by atoms with E-state index in [0.717, 1.165) is 12.8 Å². The smallest absolute Gasteiger partial charge is 0.303 e. The molecule has 0 bridgehead atoms. The Morgan fingerprint density at radius 2 is 1.84 bits per heavy atom. The molecule has 6 heteroatoms. The number of hydrogen-bond donors (Lipinski definition) is 3. The third-order valence-corrected chi connectivity index (χ3v) is 2.96. The van der Waals surface area contributed by atoms with Gasteiger partial charge in [0.25, 0.3) is 0 Å². The second-order valence-electron chi connectivity index (χ2n) is 5.98. The Labute approximate surface area is 112 Å². The van der Waals surface area contributed by atoms with Crippen LogP contribution in [0.5, 0.6) is 0 Å². The summed E-state index contributed by atoms with van der Waals surface area (Å²) >= 11 is 0. The first-order valence-electron chi connectivity index (χ1n) is 6.51. The third kappa shape index (κ3) is 6.22. The van der Waals surface area contributed by atoms with Gasteiger partial charge in [-0.15, -0.1) is 0 Å². The maximum atomic E-state index is 11.8. The lowest BCUT2D eigenvalue weighted by atomic mass is 9.85. The van der Waals surface area contributed by atoms with Crippen molar-refractivity contribution in [3.05, 3.63) is 0 Å². The number of carbonyl (C=O) groups excluding carboxylic acids is 2. The van der Waals surface area contributed by atoms with Crippen LogP contribution in [0.25, 0.3) is 0 Å². The minimum Gasteiger partial charge on any atom is -0.481 e. The molecule has 0 saturated heterocycles. The van der Waals surface area contributed by atoms with E-state index in [1.165, 1.54) is 0 Å². The van der Waals surface area contributed by atoms with Gasteiger partial charge in [-0.05, 0) is 25.2 Å². The quantitative estimate of drug-likeness (QED) is 0.633. The normalized spacial score (nSPS) is 16.6. The molecule has 0 heterocycles. The topological polar surface area (TPSA) is 95.5 Å². The van der Waals surface area contributed by atoms with Gasteiger partial charge in [0, 0.05) is 12.5 Å². The molecule has 0 aromatic carbocycles. The van der Waals surface area contributed by atoms with Crippen molar-refractivity contribution in [2.75, 3.05) is 0 Å². The van der Waals surface area contributed by atoms with Crippen LogP contribution < -0.4 is 10.6 Å². The minimum absolute atomic E-state index is 0.0803. The van der Waals surface area contributed by atoms with Crippen molar-refractivity contribution in [3.8, 4) is 0 Å². The van der Waals surface area contributed by atoms with Crippen LogP contribution >= 0.6 is 0 Å². The Bertz CT molecular complexity index is 375. The van der Waals surface area contributed by atoms with Gasteiger partial charge in [-0.3, -0.25) is 14.4 Å². The van der Waals surface area contributed by atoms with Crippen LogP contribution in [0, 0.1) is 5.41 Å². The molecule has 1 unspecified atom stereocenters. The molecule has 0 aliphatic heterocycles. The highest BCUT2D eigenvalue weighted by molar-refractivity contribution is 5.87. The Kier molecular flexibility index (Phi) is 4.91. The predicted molar refractivity (Wildman–Crippen MR) is 69.4 cm³/mol. The van der Waals surface area contributed by atoms with Gasteiger partial charge in [-0.25, -0.2) is 0 Å². The fourth-order valence-corrected chi connectivity index (χ4v) is 1.82. The maximum absolute atomic E-state index is 11.8. The van der Waals surface area contributed by atoms with Gasteiger partial charge in [0.05, 0.1) is 6.42 Å². The summed E-state index contributed by atoms with van der Waals surface area (Å²) in [6, 6.07) is -0.330. The van der Waals surface area contributed by atoms with Crippen molar-refractivity contribution >= 4 is 17.8 Å². The maximum Gasteiger partial charge on any atom is 0.303 e. The SMILES string of the molecule is CC(NC(=O)CC(C)(C)CC(=O)O)C(=O)NC1CC1. The minimum atomic E-state index is -0.933. The highest BCUT2D eigenvalue weighted by Gasteiger charge is 2.28. The molecule has 0 aromatic rings. The van der Waals surface area contributed by atoms with Crippen molar-refractivity contribution < 1.29 is 19.5 Å². The van der Waals surface area contributed by atoms with Crippen molar-refractivity contribution in [1.82, 2.24) is 10.6 Å². The van der Waals surface area contributed by atoms with E-state index in [2.05, 4.69) is 10.6 Å². The molecule has 1 saturated carbocycles. The summed E-state index contributed by atoms with van der Waals surface area (Å²) < 4.78 is 0. The molecule has 1 atom stereocenters. The zero-order valence-corrected chi connectivity index (χ0v) is 11.7. The van der Waals surface area contributed by atoms with Crippen LogP contribution in [0.15, 0.2) is 0 Å². The largest absolute Gasteiger partial charge is 0.481 e. The Balaban J connectivity index is 2.36.